The molecular weight excluding hydrogens is 352 g/mol. The van der Waals surface area contributed by atoms with Crippen LogP contribution in [0.4, 0.5) is 5.69 Å². The average Bonchev–Trinajstić information content (AvgIpc) is 2.70. The first-order valence-corrected chi connectivity index (χ1v) is 10.0. The number of ether oxygens (including phenoxy) is 2. The number of nitrogens with one attached hydrogen (secondary N) is 2. The molecular formula is C23H32N2O3. The second-order valence-corrected chi connectivity index (χ2v) is 6.72. The van der Waals surface area contributed by atoms with Gasteiger partial charge in [0.1, 0.15) is 0 Å². The van der Waals surface area contributed by atoms with Crippen LogP contribution in [0.25, 0.3) is 0 Å². The van der Waals surface area contributed by atoms with Gasteiger partial charge in [0.15, 0.2) is 11.5 Å². The summed E-state index contributed by atoms with van der Waals surface area (Å²) in [6, 6.07) is 13.5. The van der Waals surface area contributed by atoms with E-state index in [1.165, 1.54) is 5.56 Å². The van der Waals surface area contributed by atoms with Crippen molar-refractivity contribution in [1.82, 2.24) is 5.32 Å². The van der Waals surface area contributed by atoms with E-state index >= 15 is 0 Å². The molecule has 5 heteroatoms. The van der Waals surface area contributed by atoms with Crippen LogP contribution in [0.3, 0.4) is 0 Å². The minimum atomic E-state index is -0.344. The van der Waals surface area contributed by atoms with Gasteiger partial charge in [-0.15, -0.1) is 0 Å². The maximum Gasteiger partial charge on any atom is 0.241 e. The summed E-state index contributed by atoms with van der Waals surface area (Å²) in [5.74, 6) is 1.40. The summed E-state index contributed by atoms with van der Waals surface area (Å²) in [5.41, 5.74) is 3.10. The van der Waals surface area contributed by atoms with Crippen molar-refractivity contribution in [1.29, 1.82) is 0 Å². The molecule has 2 N–H and O–H groups in total. The molecule has 2 aromatic carbocycles. The zero-order valence-corrected chi connectivity index (χ0v) is 17.5. The summed E-state index contributed by atoms with van der Waals surface area (Å²) >= 11 is 0. The van der Waals surface area contributed by atoms with Gasteiger partial charge in [-0.2, -0.15) is 0 Å². The third-order valence-corrected chi connectivity index (χ3v) is 4.59. The monoisotopic (exact) mass is 384 g/mol. The lowest BCUT2D eigenvalue weighted by Crippen LogP contribution is -2.39. The van der Waals surface area contributed by atoms with Crippen LogP contribution in [0.5, 0.6) is 11.5 Å². The normalized spacial score (nSPS) is 12.9. The fraction of sp³-hybridized carbons (Fsp3) is 0.435. The first-order valence-electron chi connectivity index (χ1n) is 10.0. The predicted molar refractivity (Wildman–Crippen MR) is 114 cm³/mol. The van der Waals surface area contributed by atoms with Crippen LogP contribution in [0.15, 0.2) is 42.5 Å². The van der Waals surface area contributed by atoms with Gasteiger partial charge in [-0.3, -0.25) is 10.1 Å². The Balaban J connectivity index is 2.00. The zero-order chi connectivity index (χ0) is 20.5. The Labute approximate surface area is 168 Å². The standard InChI is InChI=1S/C23H32N2O3/c1-6-18-9-12-20(13-10-18)25-23(26)17(5)24-16(4)19-11-14-21(27-7-2)22(15-19)28-8-3/h9-17,24H,6-8H2,1-5H3,(H,25,26)/t16-,17+/m0/s1. The van der Waals surface area contributed by atoms with Crippen LogP contribution in [-0.2, 0) is 11.2 Å². The van der Waals surface area contributed by atoms with E-state index in [1.807, 2.05) is 70.2 Å². The Hall–Kier alpha value is -2.53. The third kappa shape index (κ3) is 5.99. The maximum absolute atomic E-state index is 12.5. The molecule has 0 unspecified atom stereocenters. The van der Waals surface area contributed by atoms with E-state index < -0.39 is 0 Å². The van der Waals surface area contributed by atoms with Crippen LogP contribution in [-0.4, -0.2) is 25.2 Å². The van der Waals surface area contributed by atoms with Gasteiger partial charge in [0.25, 0.3) is 0 Å². The number of carbonyl (C=O) groups excluding carboxylic acids is 1. The largest absolute Gasteiger partial charge is 0.490 e. The van der Waals surface area contributed by atoms with E-state index in [0.29, 0.717) is 13.2 Å². The Morgan fingerprint density at radius 1 is 0.929 bits per heavy atom. The lowest BCUT2D eigenvalue weighted by molar-refractivity contribution is -0.117. The van der Waals surface area contributed by atoms with E-state index in [1.54, 1.807) is 0 Å². The summed E-state index contributed by atoms with van der Waals surface area (Å²) in [5, 5.41) is 6.31. The second-order valence-electron chi connectivity index (χ2n) is 6.72. The molecule has 152 valence electrons. The van der Waals surface area contributed by atoms with Crippen molar-refractivity contribution in [2.24, 2.45) is 0 Å². The number of benzene rings is 2. The Kier molecular flexibility index (Phi) is 8.33. The molecule has 0 saturated heterocycles. The van der Waals surface area contributed by atoms with E-state index in [4.69, 9.17) is 9.47 Å². The van der Waals surface area contributed by atoms with Crippen molar-refractivity contribution >= 4 is 11.6 Å². The molecule has 2 aromatic rings. The highest BCUT2D eigenvalue weighted by Gasteiger charge is 2.18. The minimum absolute atomic E-state index is 0.0156. The van der Waals surface area contributed by atoms with Gasteiger partial charge in [0, 0.05) is 11.7 Å². The van der Waals surface area contributed by atoms with E-state index in [-0.39, 0.29) is 18.0 Å². The number of aryl methyl sites for hydroxylation is 1. The molecule has 0 aliphatic heterocycles. The first kappa shape index (κ1) is 21.8. The van der Waals surface area contributed by atoms with Gasteiger partial charge in [-0.05, 0) is 69.5 Å². The van der Waals surface area contributed by atoms with Crippen molar-refractivity contribution in [2.45, 2.75) is 53.1 Å². The van der Waals surface area contributed by atoms with E-state index in [2.05, 4.69) is 17.6 Å². The number of rotatable bonds is 10. The number of hydrogen-bond acceptors (Lipinski definition) is 4. The molecule has 0 bridgehead atoms. The molecule has 0 saturated carbocycles. The predicted octanol–water partition coefficient (Wildman–Crippen LogP) is 4.72. The number of hydrogen-bond donors (Lipinski definition) is 2. The van der Waals surface area contributed by atoms with Crippen molar-refractivity contribution in [3.63, 3.8) is 0 Å². The Morgan fingerprint density at radius 3 is 2.18 bits per heavy atom. The molecule has 1 amide bonds. The van der Waals surface area contributed by atoms with Crippen LogP contribution >= 0.6 is 0 Å². The fourth-order valence-electron chi connectivity index (χ4n) is 2.96. The molecule has 5 nitrogen and oxygen atoms in total. The molecule has 0 fully saturated rings. The summed E-state index contributed by atoms with van der Waals surface area (Å²) in [6.45, 7) is 11.1. The zero-order valence-electron chi connectivity index (χ0n) is 17.5. The minimum Gasteiger partial charge on any atom is -0.490 e. The van der Waals surface area contributed by atoms with Crippen LogP contribution in [0.2, 0.25) is 0 Å². The molecule has 0 aromatic heterocycles. The van der Waals surface area contributed by atoms with Crippen molar-refractivity contribution in [2.75, 3.05) is 18.5 Å². The van der Waals surface area contributed by atoms with Crippen molar-refractivity contribution in [3.8, 4) is 11.5 Å². The molecule has 28 heavy (non-hydrogen) atoms. The summed E-state index contributed by atoms with van der Waals surface area (Å²) in [4.78, 5) is 12.5. The quantitative estimate of drug-likeness (QED) is 0.622. The summed E-state index contributed by atoms with van der Waals surface area (Å²) in [6.07, 6.45) is 0.982. The lowest BCUT2D eigenvalue weighted by atomic mass is 10.1. The molecule has 0 heterocycles. The Morgan fingerprint density at radius 2 is 1.57 bits per heavy atom. The topological polar surface area (TPSA) is 59.6 Å². The molecule has 0 spiro atoms. The first-order chi connectivity index (χ1) is 13.5. The highest BCUT2D eigenvalue weighted by molar-refractivity contribution is 5.94. The van der Waals surface area contributed by atoms with Crippen LogP contribution in [0, 0.1) is 0 Å². The average molecular weight is 385 g/mol. The van der Waals surface area contributed by atoms with E-state index in [9.17, 15) is 4.79 Å². The molecule has 0 aliphatic carbocycles. The van der Waals surface area contributed by atoms with Gasteiger partial charge in [0.05, 0.1) is 19.3 Å². The third-order valence-electron chi connectivity index (χ3n) is 4.59. The summed E-state index contributed by atoms with van der Waals surface area (Å²) in [7, 11) is 0. The summed E-state index contributed by atoms with van der Waals surface area (Å²) < 4.78 is 11.3. The molecule has 0 radical (unpaired) electrons. The number of anilines is 1. The Bertz CT molecular complexity index is 759. The molecule has 2 rings (SSSR count). The van der Waals surface area contributed by atoms with E-state index in [0.717, 1.165) is 29.2 Å². The highest BCUT2D eigenvalue weighted by Crippen LogP contribution is 2.30. The molecule has 2 atom stereocenters. The highest BCUT2D eigenvalue weighted by atomic mass is 16.5. The van der Waals surface area contributed by atoms with Crippen molar-refractivity contribution < 1.29 is 14.3 Å². The van der Waals surface area contributed by atoms with Gasteiger partial charge >= 0.3 is 0 Å². The van der Waals surface area contributed by atoms with Gasteiger partial charge in [0.2, 0.25) is 5.91 Å². The van der Waals surface area contributed by atoms with Gasteiger partial charge in [-0.25, -0.2) is 0 Å². The number of carbonyl (C=O) groups is 1. The number of amides is 1. The van der Waals surface area contributed by atoms with Crippen molar-refractivity contribution in [3.05, 3.63) is 53.6 Å². The molecule has 0 aliphatic rings. The van der Waals surface area contributed by atoms with Crippen LogP contribution in [0.1, 0.15) is 51.8 Å². The van der Waals surface area contributed by atoms with Gasteiger partial charge < -0.3 is 14.8 Å². The fourth-order valence-corrected chi connectivity index (χ4v) is 2.96. The SMILES string of the molecule is CCOc1ccc([C@H](C)N[C@H](C)C(=O)Nc2ccc(CC)cc2)cc1OCC. The smallest absolute Gasteiger partial charge is 0.241 e. The lowest BCUT2D eigenvalue weighted by Gasteiger charge is -2.21. The second kappa shape index (κ2) is 10.7. The maximum atomic E-state index is 12.5. The van der Waals surface area contributed by atoms with Gasteiger partial charge in [-0.1, -0.05) is 25.1 Å². The van der Waals surface area contributed by atoms with Crippen LogP contribution < -0.4 is 20.1 Å².